The van der Waals surface area contributed by atoms with Crippen LogP contribution in [-0.2, 0) is 12.8 Å². The van der Waals surface area contributed by atoms with Crippen molar-refractivity contribution < 1.29 is 22.6 Å². The maximum Gasteiger partial charge on any atom is 0.416 e. The predicted molar refractivity (Wildman–Crippen MR) is 148 cm³/mol. The first-order valence-corrected chi connectivity index (χ1v) is 12.5. The van der Waals surface area contributed by atoms with Crippen molar-refractivity contribution in [2.45, 2.75) is 19.7 Å². The fourth-order valence-corrected chi connectivity index (χ4v) is 4.10. The Morgan fingerprint density at radius 3 is 2.42 bits per heavy atom. The molecule has 0 spiro atoms. The van der Waals surface area contributed by atoms with Crippen LogP contribution in [0.3, 0.4) is 0 Å². The molecule has 0 aliphatic rings. The Morgan fingerprint density at radius 2 is 1.65 bits per heavy atom. The number of hydrogen-bond acceptors (Lipinski definition) is 5. The molecule has 5 aromatic rings. The molecule has 5 rings (SSSR count). The van der Waals surface area contributed by atoms with Crippen molar-refractivity contribution in [2.75, 3.05) is 6.61 Å². The molecule has 0 saturated heterocycles. The van der Waals surface area contributed by atoms with Crippen molar-refractivity contribution in [3.63, 3.8) is 0 Å². The van der Waals surface area contributed by atoms with Crippen LogP contribution in [0, 0.1) is 0 Å². The van der Waals surface area contributed by atoms with E-state index in [4.69, 9.17) is 9.47 Å². The summed E-state index contributed by atoms with van der Waals surface area (Å²) < 4.78 is 53.0. The molecular weight excluding hydrogens is 519 g/mol. The van der Waals surface area contributed by atoms with Gasteiger partial charge >= 0.3 is 6.18 Å². The van der Waals surface area contributed by atoms with Crippen LogP contribution in [-0.4, -0.2) is 22.5 Å². The second kappa shape index (κ2) is 11.4. The molecule has 0 aliphatic heterocycles. The lowest BCUT2D eigenvalue weighted by Crippen LogP contribution is -2.20. The third kappa shape index (κ3) is 5.88. The van der Waals surface area contributed by atoms with Gasteiger partial charge in [-0.1, -0.05) is 54.6 Å². The average molecular weight is 544 g/mol. The number of benzene rings is 4. The normalized spacial score (nSPS) is 11.7. The van der Waals surface area contributed by atoms with Gasteiger partial charge in [0.05, 0.1) is 29.3 Å². The zero-order chi connectivity index (χ0) is 28.1. The number of hydrogen-bond donors (Lipinski definition) is 0. The van der Waals surface area contributed by atoms with Gasteiger partial charge in [-0.3, -0.25) is 4.79 Å². The van der Waals surface area contributed by atoms with E-state index in [2.05, 4.69) is 10.1 Å². The molecule has 0 amide bonds. The molecule has 0 N–H and O–H groups in total. The van der Waals surface area contributed by atoms with Crippen LogP contribution in [0.25, 0.3) is 22.3 Å². The highest BCUT2D eigenvalue weighted by molar-refractivity contribution is 5.82. The van der Waals surface area contributed by atoms with Gasteiger partial charge in [-0.25, -0.2) is 4.98 Å². The fourth-order valence-electron chi connectivity index (χ4n) is 4.10. The minimum absolute atomic E-state index is 0.0149. The minimum Gasteiger partial charge on any atom is -0.490 e. The maximum absolute atomic E-state index is 13.4. The Kier molecular flexibility index (Phi) is 7.63. The highest BCUT2D eigenvalue weighted by atomic mass is 19.4. The van der Waals surface area contributed by atoms with Gasteiger partial charge in [-0.05, 0) is 60.5 Å². The monoisotopic (exact) mass is 543 g/mol. The van der Waals surface area contributed by atoms with Crippen molar-refractivity contribution in [3.8, 4) is 22.9 Å². The van der Waals surface area contributed by atoms with Gasteiger partial charge in [0.25, 0.3) is 5.56 Å². The zero-order valence-corrected chi connectivity index (χ0v) is 21.4. The Morgan fingerprint density at radius 1 is 0.875 bits per heavy atom. The number of alkyl halides is 3. The molecule has 9 heteroatoms. The number of halogens is 3. The SMILES string of the molecule is CCOc1cc(C=Nn2c(-c3cccc(C(F)(F)F)c3)nc3ccccc3c2=O)ccc1OCc1ccccc1. The lowest BCUT2D eigenvalue weighted by atomic mass is 10.1. The zero-order valence-electron chi connectivity index (χ0n) is 21.4. The van der Waals surface area contributed by atoms with E-state index in [0.29, 0.717) is 35.8 Å². The van der Waals surface area contributed by atoms with E-state index >= 15 is 0 Å². The van der Waals surface area contributed by atoms with E-state index in [-0.39, 0.29) is 16.8 Å². The third-order valence-corrected chi connectivity index (χ3v) is 6.03. The quantitative estimate of drug-likeness (QED) is 0.199. The summed E-state index contributed by atoms with van der Waals surface area (Å²) in [4.78, 5) is 17.9. The summed E-state index contributed by atoms with van der Waals surface area (Å²) >= 11 is 0. The molecule has 0 bridgehead atoms. The summed E-state index contributed by atoms with van der Waals surface area (Å²) in [5, 5.41) is 4.64. The minimum atomic E-state index is -4.55. The first-order valence-electron chi connectivity index (χ1n) is 12.5. The summed E-state index contributed by atoms with van der Waals surface area (Å²) in [5.74, 6) is 1.01. The van der Waals surface area contributed by atoms with Crippen LogP contribution in [0.1, 0.15) is 23.6 Å². The highest BCUT2D eigenvalue weighted by Gasteiger charge is 2.31. The molecule has 4 aromatic carbocycles. The summed E-state index contributed by atoms with van der Waals surface area (Å²) in [6, 6.07) is 26.2. The van der Waals surface area contributed by atoms with E-state index in [0.717, 1.165) is 22.4 Å². The molecule has 6 nitrogen and oxygen atoms in total. The highest BCUT2D eigenvalue weighted by Crippen LogP contribution is 2.32. The Hall–Kier alpha value is -4.92. The number of ether oxygens (including phenoxy) is 2. The molecule has 1 heterocycles. The van der Waals surface area contributed by atoms with Gasteiger partial charge in [0.15, 0.2) is 17.3 Å². The van der Waals surface area contributed by atoms with Crippen molar-refractivity contribution in [1.82, 2.24) is 9.66 Å². The summed E-state index contributed by atoms with van der Waals surface area (Å²) in [6.07, 6.45) is -3.13. The summed E-state index contributed by atoms with van der Waals surface area (Å²) in [5.41, 5.74) is 0.684. The van der Waals surface area contributed by atoms with Gasteiger partial charge < -0.3 is 9.47 Å². The van der Waals surface area contributed by atoms with E-state index in [9.17, 15) is 18.0 Å². The third-order valence-electron chi connectivity index (χ3n) is 6.03. The van der Waals surface area contributed by atoms with Gasteiger partial charge in [0.2, 0.25) is 0 Å². The average Bonchev–Trinajstić information content (AvgIpc) is 2.96. The molecule has 0 atom stereocenters. The molecule has 40 heavy (non-hydrogen) atoms. The molecule has 0 radical (unpaired) electrons. The second-order valence-corrected chi connectivity index (χ2v) is 8.81. The standard InChI is InChI=1S/C31H24F3N3O3/c1-2-39-28-17-22(15-16-27(28)40-20-21-9-4-3-5-10-21)19-35-37-29(23-11-8-12-24(18-23)31(32,33)34)36-26-14-7-6-13-25(26)30(37)38/h3-19H,2,20H2,1H3. The summed E-state index contributed by atoms with van der Waals surface area (Å²) in [7, 11) is 0. The van der Waals surface area contributed by atoms with Crippen LogP contribution in [0.2, 0.25) is 0 Å². The van der Waals surface area contributed by atoms with Gasteiger partial charge in [0.1, 0.15) is 6.61 Å². The van der Waals surface area contributed by atoms with Crippen molar-refractivity contribution in [1.29, 1.82) is 0 Å². The molecular formula is C31H24F3N3O3. The molecule has 0 unspecified atom stereocenters. The Balaban J connectivity index is 1.54. The van der Waals surface area contributed by atoms with Crippen molar-refractivity contribution >= 4 is 17.1 Å². The molecule has 0 saturated carbocycles. The lowest BCUT2D eigenvalue weighted by molar-refractivity contribution is -0.137. The molecule has 0 aliphatic carbocycles. The van der Waals surface area contributed by atoms with Gasteiger partial charge in [-0.15, -0.1) is 0 Å². The lowest BCUT2D eigenvalue weighted by Gasteiger charge is -2.13. The first kappa shape index (κ1) is 26.7. The van der Waals surface area contributed by atoms with Crippen molar-refractivity contribution in [2.24, 2.45) is 5.10 Å². The largest absolute Gasteiger partial charge is 0.490 e. The Bertz CT molecular complexity index is 1730. The van der Waals surface area contributed by atoms with E-state index in [1.807, 2.05) is 37.3 Å². The molecule has 0 fully saturated rings. The molecule has 202 valence electrons. The number of fused-ring (bicyclic) bond motifs is 1. The van der Waals surface area contributed by atoms with Gasteiger partial charge in [-0.2, -0.15) is 22.9 Å². The smallest absolute Gasteiger partial charge is 0.416 e. The van der Waals surface area contributed by atoms with E-state index < -0.39 is 17.3 Å². The first-order chi connectivity index (χ1) is 19.3. The van der Waals surface area contributed by atoms with Crippen LogP contribution in [0.5, 0.6) is 11.5 Å². The second-order valence-electron chi connectivity index (χ2n) is 8.81. The van der Waals surface area contributed by atoms with Crippen molar-refractivity contribution in [3.05, 3.63) is 124 Å². The van der Waals surface area contributed by atoms with Crippen LogP contribution < -0.4 is 15.0 Å². The number of aromatic nitrogens is 2. The fraction of sp³-hybridized carbons (Fsp3) is 0.129. The van der Waals surface area contributed by atoms with Crippen LogP contribution in [0.4, 0.5) is 13.2 Å². The predicted octanol–water partition coefficient (Wildman–Crippen LogP) is 6.94. The van der Waals surface area contributed by atoms with Crippen LogP contribution >= 0.6 is 0 Å². The maximum atomic E-state index is 13.4. The van der Waals surface area contributed by atoms with E-state index in [1.165, 1.54) is 18.3 Å². The Labute approximate surface area is 228 Å². The summed E-state index contributed by atoms with van der Waals surface area (Å²) in [6.45, 7) is 2.60. The van der Waals surface area contributed by atoms with Crippen LogP contribution in [0.15, 0.2) is 107 Å². The number of rotatable bonds is 8. The topological polar surface area (TPSA) is 65.7 Å². The van der Waals surface area contributed by atoms with E-state index in [1.54, 1.807) is 42.5 Å². The number of para-hydroxylation sites is 1. The molecule has 1 aromatic heterocycles. The van der Waals surface area contributed by atoms with Gasteiger partial charge in [0, 0.05) is 5.56 Å². The number of nitrogens with zero attached hydrogens (tertiary/aromatic N) is 3.